The number of alkyl halides is 1. The lowest BCUT2D eigenvalue weighted by Crippen LogP contribution is -2.18. The summed E-state index contributed by atoms with van der Waals surface area (Å²) < 4.78 is 7.82. The minimum atomic E-state index is 0.117. The molecule has 0 spiro atoms. The Balaban J connectivity index is 2.02. The van der Waals surface area contributed by atoms with Crippen molar-refractivity contribution < 1.29 is 4.74 Å². The van der Waals surface area contributed by atoms with E-state index in [1.54, 1.807) is 0 Å². The maximum absolute atomic E-state index is 5.79. The second-order valence-electron chi connectivity index (χ2n) is 4.44. The first-order valence-corrected chi connectivity index (χ1v) is 7.14. The SMILES string of the molecule is BrCc1ccc2cnn([C@@H]3CCCCO3)c2c1. The summed E-state index contributed by atoms with van der Waals surface area (Å²) in [4.78, 5) is 0. The molecule has 2 heterocycles. The van der Waals surface area contributed by atoms with Crippen LogP contribution in [0.25, 0.3) is 10.9 Å². The van der Waals surface area contributed by atoms with Crippen molar-refractivity contribution in [2.75, 3.05) is 6.61 Å². The lowest BCUT2D eigenvalue weighted by Gasteiger charge is -2.23. The van der Waals surface area contributed by atoms with Crippen molar-refractivity contribution in [3.8, 4) is 0 Å². The van der Waals surface area contributed by atoms with Crippen molar-refractivity contribution in [1.29, 1.82) is 0 Å². The van der Waals surface area contributed by atoms with Crippen LogP contribution in [0.3, 0.4) is 0 Å². The second-order valence-corrected chi connectivity index (χ2v) is 5.00. The van der Waals surface area contributed by atoms with Gasteiger partial charge in [0.15, 0.2) is 6.23 Å². The zero-order valence-electron chi connectivity index (χ0n) is 9.60. The lowest BCUT2D eigenvalue weighted by atomic mass is 10.1. The van der Waals surface area contributed by atoms with Crippen molar-refractivity contribution in [3.63, 3.8) is 0 Å². The first-order valence-electron chi connectivity index (χ1n) is 6.02. The average molecular weight is 295 g/mol. The Hall–Kier alpha value is -0.870. The molecular formula is C13H15BrN2O. The van der Waals surface area contributed by atoms with Gasteiger partial charge < -0.3 is 4.74 Å². The molecule has 0 unspecified atom stereocenters. The predicted octanol–water partition coefficient (Wildman–Crippen LogP) is 3.63. The van der Waals surface area contributed by atoms with E-state index in [0.717, 1.165) is 18.4 Å². The lowest BCUT2D eigenvalue weighted by molar-refractivity contribution is -0.0366. The molecule has 1 fully saturated rings. The summed E-state index contributed by atoms with van der Waals surface area (Å²) in [7, 11) is 0. The Labute approximate surface area is 109 Å². The molecule has 1 aliphatic heterocycles. The number of rotatable bonds is 2. The highest BCUT2D eigenvalue weighted by molar-refractivity contribution is 9.08. The largest absolute Gasteiger partial charge is 0.356 e. The van der Waals surface area contributed by atoms with Crippen molar-refractivity contribution in [2.24, 2.45) is 0 Å². The molecule has 0 radical (unpaired) electrons. The smallest absolute Gasteiger partial charge is 0.150 e. The highest BCUT2D eigenvalue weighted by Crippen LogP contribution is 2.26. The van der Waals surface area contributed by atoms with Crippen LogP contribution in [0.5, 0.6) is 0 Å². The summed E-state index contributed by atoms with van der Waals surface area (Å²) in [5, 5.41) is 6.53. The van der Waals surface area contributed by atoms with Crippen molar-refractivity contribution in [1.82, 2.24) is 9.78 Å². The normalized spacial score (nSPS) is 20.9. The number of halogens is 1. The molecule has 1 saturated heterocycles. The molecule has 17 heavy (non-hydrogen) atoms. The van der Waals surface area contributed by atoms with Crippen LogP contribution in [0.15, 0.2) is 24.4 Å². The van der Waals surface area contributed by atoms with E-state index in [-0.39, 0.29) is 6.23 Å². The van der Waals surface area contributed by atoms with Crippen LogP contribution < -0.4 is 0 Å². The molecule has 2 aromatic rings. The zero-order chi connectivity index (χ0) is 11.7. The fourth-order valence-electron chi connectivity index (χ4n) is 2.31. The van der Waals surface area contributed by atoms with Gasteiger partial charge >= 0.3 is 0 Å². The monoisotopic (exact) mass is 294 g/mol. The maximum Gasteiger partial charge on any atom is 0.150 e. The molecule has 3 nitrogen and oxygen atoms in total. The van der Waals surface area contributed by atoms with Crippen LogP contribution in [0.1, 0.15) is 31.1 Å². The third kappa shape index (κ3) is 2.11. The van der Waals surface area contributed by atoms with Gasteiger partial charge in [-0.25, -0.2) is 4.68 Å². The molecule has 0 saturated carbocycles. The van der Waals surface area contributed by atoms with Gasteiger partial charge in [0, 0.05) is 17.3 Å². The Morgan fingerprint density at radius 1 is 1.41 bits per heavy atom. The fourth-order valence-corrected chi connectivity index (χ4v) is 2.66. The molecule has 0 N–H and O–H groups in total. The zero-order valence-corrected chi connectivity index (χ0v) is 11.2. The third-order valence-electron chi connectivity index (χ3n) is 3.25. The van der Waals surface area contributed by atoms with Gasteiger partial charge in [0.1, 0.15) is 0 Å². The van der Waals surface area contributed by atoms with E-state index < -0.39 is 0 Å². The number of hydrogen-bond acceptors (Lipinski definition) is 2. The summed E-state index contributed by atoms with van der Waals surface area (Å²) in [5.41, 5.74) is 2.45. The predicted molar refractivity (Wildman–Crippen MR) is 71.2 cm³/mol. The fraction of sp³-hybridized carbons (Fsp3) is 0.462. The van der Waals surface area contributed by atoms with E-state index in [0.29, 0.717) is 0 Å². The van der Waals surface area contributed by atoms with Gasteiger partial charge in [0.05, 0.1) is 11.7 Å². The van der Waals surface area contributed by atoms with Crippen molar-refractivity contribution in [3.05, 3.63) is 30.0 Å². The van der Waals surface area contributed by atoms with Gasteiger partial charge in [-0.05, 0) is 30.9 Å². The number of ether oxygens (including phenoxy) is 1. The molecule has 4 heteroatoms. The summed E-state index contributed by atoms with van der Waals surface area (Å²) in [6, 6.07) is 6.44. The van der Waals surface area contributed by atoms with Crippen LogP contribution >= 0.6 is 15.9 Å². The van der Waals surface area contributed by atoms with Gasteiger partial charge in [-0.2, -0.15) is 5.10 Å². The van der Waals surface area contributed by atoms with Gasteiger partial charge in [-0.15, -0.1) is 0 Å². The highest BCUT2D eigenvalue weighted by Gasteiger charge is 2.18. The van der Waals surface area contributed by atoms with E-state index in [9.17, 15) is 0 Å². The molecule has 1 aliphatic rings. The number of benzene rings is 1. The minimum absolute atomic E-state index is 0.117. The van der Waals surface area contributed by atoms with Gasteiger partial charge in [0.2, 0.25) is 0 Å². The van der Waals surface area contributed by atoms with E-state index in [1.807, 2.05) is 10.9 Å². The summed E-state index contributed by atoms with van der Waals surface area (Å²) in [6.07, 6.45) is 5.50. The van der Waals surface area contributed by atoms with Crippen molar-refractivity contribution in [2.45, 2.75) is 30.8 Å². The molecule has 1 aromatic heterocycles. The quantitative estimate of drug-likeness (QED) is 0.791. The Bertz CT molecular complexity index is 517. The average Bonchev–Trinajstić information content (AvgIpc) is 2.82. The first kappa shape index (κ1) is 11.2. The van der Waals surface area contributed by atoms with Crippen molar-refractivity contribution >= 4 is 26.8 Å². The highest BCUT2D eigenvalue weighted by atomic mass is 79.9. The Morgan fingerprint density at radius 3 is 3.12 bits per heavy atom. The molecule has 0 amide bonds. The van der Waals surface area contributed by atoms with Gasteiger partial charge in [-0.1, -0.05) is 28.1 Å². The summed E-state index contributed by atoms with van der Waals surface area (Å²) >= 11 is 3.49. The number of nitrogens with zero attached hydrogens (tertiary/aromatic N) is 2. The summed E-state index contributed by atoms with van der Waals surface area (Å²) in [5.74, 6) is 0. The molecule has 1 aromatic carbocycles. The third-order valence-corrected chi connectivity index (χ3v) is 3.89. The molecule has 1 atom stereocenters. The van der Waals surface area contributed by atoms with Crippen LogP contribution in [0.4, 0.5) is 0 Å². The molecule has 3 rings (SSSR count). The molecular weight excluding hydrogens is 280 g/mol. The van der Waals surface area contributed by atoms with E-state index in [4.69, 9.17) is 4.74 Å². The standard InChI is InChI=1S/C13H15BrN2O/c14-8-10-4-5-11-9-15-16(12(11)7-10)13-3-1-2-6-17-13/h4-5,7,9,13H,1-3,6,8H2/t13-/m0/s1. The number of fused-ring (bicyclic) bond motifs is 1. The molecule has 90 valence electrons. The van der Waals surface area contributed by atoms with Crippen LogP contribution in [-0.2, 0) is 10.1 Å². The maximum atomic E-state index is 5.79. The second kappa shape index (κ2) is 4.78. The van der Waals surface area contributed by atoms with E-state index in [1.165, 1.54) is 29.3 Å². The van der Waals surface area contributed by atoms with Gasteiger partial charge in [-0.3, -0.25) is 0 Å². The van der Waals surface area contributed by atoms with Gasteiger partial charge in [0.25, 0.3) is 0 Å². The molecule has 0 aliphatic carbocycles. The number of aromatic nitrogens is 2. The number of hydrogen-bond donors (Lipinski definition) is 0. The Kier molecular flexibility index (Phi) is 3.16. The summed E-state index contributed by atoms with van der Waals surface area (Å²) in [6.45, 7) is 0.851. The van der Waals surface area contributed by atoms with Crippen LogP contribution in [-0.4, -0.2) is 16.4 Å². The van der Waals surface area contributed by atoms with E-state index >= 15 is 0 Å². The van der Waals surface area contributed by atoms with Crippen LogP contribution in [0.2, 0.25) is 0 Å². The minimum Gasteiger partial charge on any atom is -0.356 e. The topological polar surface area (TPSA) is 27.1 Å². The Morgan fingerprint density at radius 2 is 2.35 bits per heavy atom. The van der Waals surface area contributed by atoms with E-state index in [2.05, 4.69) is 39.2 Å². The van der Waals surface area contributed by atoms with Crippen LogP contribution in [0, 0.1) is 0 Å². The first-order chi connectivity index (χ1) is 8.38. The molecule has 0 bridgehead atoms.